The Morgan fingerprint density at radius 2 is 2.27 bits per heavy atom. The Morgan fingerprint density at radius 3 is 2.87 bits per heavy atom. The largest absolute Gasteiger partial charge is 0.347 e. The van der Waals surface area contributed by atoms with Crippen molar-refractivity contribution < 1.29 is 9.63 Å². The number of amides is 1. The quantitative estimate of drug-likeness (QED) is 0.765. The van der Waals surface area contributed by atoms with Gasteiger partial charge in [0, 0.05) is 0 Å². The van der Waals surface area contributed by atoms with Crippen LogP contribution in [-0.2, 0) is 4.84 Å². The third-order valence-electron chi connectivity index (χ3n) is 1.84. The van der Waals surface area contributed by atoms with Crippen LogP contribution in [0.15, 0.2) is 24.3 Å². The van der Waals surface area contributed by atoms with Crippen LogP contribution in [0.1, 0.15) is 17.3 Å². The van der Waals surface area contributed by atoms with Gasteiger partial charge in [0.2, 0.25) is 0 Å². The lowest BCUT2D eigenvalue weighted by Gasteiger charge is -2.12. The number of carbonyl (C=O) groups excluding carboxylic acids is 1. The molecule has 5 heteroatoms. The first-order chi connectivity index (χ1) is 7.15. The minimum Gasteiger partial charge on any atom is -0.347 e. The molecular weight excluding hydrogens is 216 g/mol. The van der Waals surface area contributed by atoms with Crippen molar-refractivity contribution >= 4 is 17.5 Å². The number of rotatable bonds is 4. The molecule has 0 aliphatic carbocycles. The van der Waals surface area contributed by atoms with E-state index >= 15 is 0 Å². The van der Waals surface area contributed by atoms with Gasteiger partial charge in [0.1, 0.15) is 0 Å². The minimum absolute atomic E-state index is 0.154. The summed E-state index contributed by atoms with van der Waals surface area (Å²) in [5.74, 6) is 4.67. The standard InChI is InChI=1S/C10H13ClN2O2/c1-7(6-15-12)13-10(14)8-4-2-3-5-9(8)11/h2-5,7H,6,12H2,1H3,(H,13,14). The fraction of sp³-hybridized carbons (Fsp3) is 0.300. The molecule has 1 aromatic carbocycles. The van der Waals surface area contributed by atoms with E-state index in [9.17, 15) is 4.79 Å². The van der Waals surface area contributed by atoms with Crippen LogP contribution in [0.25, 0.3) is 0 Å². The number of nitrogens with one attached hydrogen (secondary N) is 1. The van der Waals surface area contributed by atoms with E-state index in [1.165, 1.54) is 0 Å². The molecule has 0 spiro atoms. The summed E-state index contributed by atoms with van der Waals surface area (Å²) in [7, 11) is 0. The Morgan fingerprint density at radius 1 is 1.60 bits per heavy atom. The van der Waals surface area contributed by atoms with Gasteiger partial charge >= 0.3 is 0 Å². The zero-order valence-corrected chi connectivity index (χ0v) is 9.12. The average molecular weight is 229 g/mol. The summed E-state index contributed by atoms with van der Waals surface area (Å²) in [5, 5.41) is 3.14. The normalized spacial score (nSPS) is 12.2. The van der Waals surface area contributed by atoms with E-state index in [0.29, 0.717) is 10.6 Å². The van der Waals surface area contributed by atoms with Gasteiger partial charge in [-0.05, 0) is 19.1 Å². The summed E-state index contributed by atoms with van der Waals surface area (Å²) in [4.78, 5) is 16.1. The molecule has 0 radical (unpaired) electrons. The summed E-state index contributed by atoms with van der Waals surface area (Å²) in [6, 6.07) is 6.70. The van der Waals surface area contributed by atoms with E-state index < -0.39 is 0 Å². The number of hydrogen-bond donors (Lipinski definition) is 2. The highest BCUT2D eigenvalue weighted by Crippen LogP contribution is 2.14. The van der Waals surface area contributed by atoms with E-state index in [1.807, 2.05) is 0 Å². The number of halogens is 1. The fourth-order valence-corrected chi connectivity index (χ4v) is 1.35. The Hall–Kier alpha value is -1.10. The molecule has 1 aromatic rings. The van der Waals surface area contributed by atoms with Crippen LogP contribution in [-0.4, -0.2) is 18.6 Å². The molecule has 0 bridgehead atoms. The van der Waals surface area contributed by atoms with Gasteiger partial charge in [-0.2, -0.15) is 0 Å². The lowest BCUT2D eigenvalue weighted by Crippen LogP contribution is -2.36. The third-order valence-corrected chi connectivity index (χ3v) is 2.17. The second-order valence-corrected chi connectivity index (χ2v) is 3.59. The first kappa shape index (κ1) is 12.0. The highest BCUT2D eigenvalue weighted by atomic mass is 35.5. The Balaban J connectivity index is 2.65. The summed E-state index contributed by atoms with van der Waals surface area (Å²) in [6.45, 7) is 2.05. The first-order valence-electron chi connectivity index (χ1n) is 4.52. The van der Waals surface area contributed by atoms with Crippen molar-refractivity contribution in [2.24, 2.45) is 5.90 Å². The number of carbonyl (C=O) groups is 1. The molecule has 0 saturated carbocycles. The van der Waals surface area contributed by atoms with Crippen LogP contribution in [0.5, 0.6) is 0 Å². The highest BCUT2D eigenvalue weighted by Gasteiger charge is 2.11. The van der Waals surface area contributed by atoms with Crippen molar-refractivity contribution in [2.75, 3.05) is 6.61 Å². The molecule has 0 heterocycles. The smallest absolute Gasteiger partial charge is 0.253 e. The topological polar surface area (TPSA) is 64.3 Å². The van der Waals surface area contributed by atoms with E-state index in [4.69, 9.17) is 17.5 Å². The van der Waals surface area contributed by atoms with Crippen molar-refractivity contribution in [3.63, 3.8) is 0 Å². The van der Waals surface area contributed by atoms with Gasteiger partial charge in [-0.1, -0.05) is 23.7 Å². The number of nitrogens with two attached hydrogens (primary N) is 1. The molecule has 1 unspecified atom stereocenters. The van der Waals surface area contributed by atoms with Crippen LogP contribution in [0.4, 0.5) is 0 Å². The van der Waals surface area contributed by atoms with Crippen molar-refractivity contribution in [1.29, 1.82) is 0 Å². The van der Waals surface area contributed by atoms with Crippen molar-refractivity contribution in [3.05, 3.63) is 34.9 Å². The molecule has 4 nitrogen and oxygen atoms in total. The van der Waals surface area contributed by atoms with E-state index in [0.717, 1.165) is 0 Å². The van der Waals surface area contributed by atoms with Gasteiger partial charge < -0.3 is 10.2 Å². The zero-order valence-electron chi connectivity index (χ0n) is 8.37. The van der Waals surface area contributed by atoms with Crippen molar-refractivity contribution in [2.45, 2.75) is 13.0 Å². The molecule has 0 fully saturated rings. The molecule has 0 saturated heterocycles. The van der Waals surface area contributed by atoms with Crippen LogP contribution in [0.2, 0.25) is 5.02 Å². The second kappa shape index (κ2) is 5.70. The molecule has 0 aliphatic heterocycles. The molecular formula is C10H13ClN2O2. The Bertz CT molecular complexity index is 344. The third kappa shape index (κ3) is 3.51. The van der Waals surface area contributed by atoms with Crippen LogP contribution < -0.4 is 11.2 Å². The summed E-state index contributed by atoms with van der Waals surface area (Å²) >= 11 is 5.86. The number of benzene rings is 1. The zero-order chi connectivity index (χ0) is 11.3. The van der Waals surface area contributed by atoms with Crippen molar-refractivity contribution in [3.8, 4) is 0 Å². The van der Waals surface area contributed by atoms with Gasteiger partial charge in [0.15, 0.2) is 0 Å². The summed E-state index contributed by atoms with van der Waals surface area (Å²) in [5.41, 5.74) is 0.447. The molecule has 15 heavy (non-hydrogen) atoms. The average Bonchev–Trinajstić information content (AvgIpc) is 2.18. The van der Waals surface area contributed by atoms with Gasteiger partial charge in [-0.25, -0.2) is 5.90 Å². The molecule has 1 amide bonds. The van der Waals surface area contributed by atoms with E-state index in [-0.39, 0.29) is 18.6 Å². The monoisotopic (exact) mass is 228 g/mol. The lowest BCUT2D eigenvalue weighted by atomic mass is 10.2. The van der Waals surface area contributed by atoms with E-state index in [1.54, 1.807) is 31.2 Å². The van der Waals surface area contributed by atoms with Gasteiger partial charge in [-0.15, -0.1) is 0 Å². The maximum atomic E-state index is 11.7. The molecule has 1 atom stereocenters. The lowest BCUT2D eigenvalue weighted by molar-refractivity contribution is 0.0857. The Labute approximate surface area is 93.3 Å². The molecule has 3 N–H and O–H groups in total. The molecule has 82 valence electrons. The highest BCUT2D eigenvalue weighted by molar-refractivity contribution is 6.33. The molecule has 1 rings (SSSR count). The first-order valence-corrected chi connectivity index (χ1v) is 4.90. The second-order valence-electron chi connectivity index (χ2n) is 3.19. The minimum atomic E-state index is -0.231. The van der Waals surface area contributed by atoms with Crippen LogP contribution >= 0.6 is 11.6 Å². The predicted octanol–water partition coefficient (Wildman–Crippen LogP) is 1.35. The SMILES string of the molecule is CC(CON)NC(=O)c1ccccc1Cl. The summed E-state index contributed by atoms with van der Waals surface area (Å²) < 4.78 is 0. The van der Waals surface area contributed by atoms with Gasteiger partial charge in [-0.3, -0.25) is 4.79 Å². The van der Waals surface area contributed by atoms with Gasteiger partial charge in [0.25, 0.3) is 5.91 Å². The molecule has 0 aromatic heterocycles. The van der Waals surface area contributed by atoms with Crippen LogP contribution in [0, 0.1) is 0 Å². The summed E-state index contributed by atoms with van der Waals surface area (Å²) in [6.07, 6.45) is 0. The molecule has 0 aliphatic rings. The van der Waals surface area contributed by atoms with E-state index in [2.05, 4.69) is 10.2 Å². The maximum Gasteiger partial charge on any atom is 0.253 e. The predicted molar refractivity (Wildman–Crippen MR) is 58.5 cm³/mol. The van der Waals surface area contributed by atoms with Crippen LogP contribution in [0.3, 0.4) is 0 Å². The van der Waals surface area contributed by atoms with Crippen molar-refractivity contribution in [1.82, 2.24) is 5.32 Å². The van der Waals surface area contributed by atoms with Gasteiger partial charge in [0.05, 0.1) is 23.2 Å². The number of hydrogen-bond acceptors (Lipinski definition) is 3. The maximum absolute atomic E-state index is 11.7. The fourth-order valence-electron chi connectivity index (χ4n) is 1.13. The Kier molecular flexibility index (Phi) is 4.55.